The molecule has 15 heteroatoms. The number of phenols is 1. The lowest BCUT2D eigenvalue weighted by atomic mass is 9.98. The Bertz CT molecular complexity index is 1950. The minimum Gasteiger partial charge on any atom is -0.508 e. The van der Waals surface area contributed by atoms with Crippen LogP contribution in [0.25, 0.3) is 0 Å². The summed E-state index contributed by atoms with van der Waals surface area (Å²) in [5, 5.41) is 20.0. The van der Waals surface area contributed by atoms with Crippen molar-refractivity contribution in [3.05, 3.63) is 73.6 Å². The molecule has 312 valence electrons. The van der Waals surface area contributed by atoms with E-state index < -0.39 is 17.9 Å². The summed E-state index contributed by atoms with van der Waals surface area (Å²) in [5.74, 6) is -1.66. The lowest BCUT2D eigenvalue weighted by molar-refractivity contribution is -0.122. The second-order valence-corrected chi connectivity index (χ2v) is 17.0. The molecule has 3 amide bonds. The Kier molecular flexibility index (Phi) is 18.0. The van der Waals surface area contributed by atoms with Gasteiger partial charge in [-0.1, -0.05) is 168 Å². The first-order valence-electron chi connectivity index (χ1n) is 20.4. The maximum Gasteiger partial charge on any atom is 0.280 e. The van der Waals surface area contributed by atoms with Crippen molar-refractivity contribution in [2.45, 2.75) is 129 Å². The van der Waals surface area contributed by atoms with Crippen LogP contribution in [0.5, 0.6) is 5.75 Å². The molecule has 0 aromatic heterocycles. The zero-order valence-electron chi connectivity index (χ0n) is 32.8. The van der Waals surface area contributed by atoms with Gasteiger partial charge < -0.3 is 5.11 Å². The molecule has 0 bridgehead atoms. The Balaban J connectivity index is 1.19. The number of imide groups is 1. The average molecular weight is 893 g/mol. The molecule has 2 N–H and O–H groups in total. The van der Waals surface area contributed by atoms with E-state index in [9.17, 15) is 19.5 Å². The number of nitrogens with one attached hydrogen (secondary N) is 1. The van der Waals surface area contributed by atoms with E-state index in [4.69, 9.17) is 58.0 Å². The van der Waals surface area contributed by atoms with Crippen LogP contribution in [0.1, 0.15) is 122 Å². The number of rotatable bonds is 22. The number of hydrazine groups is 1. The summed E-state index contributed by atoms with van der Waals surface area (Å²) < 4.78 is 0. The molecule has 2 heterocycles. The van der Waals surface area contributed by atoms with Crippen molar-refractivity contribution in [3.8, 4) is 5.75 Å². The normalized spacial score (nSPS) is 17.8. The molecule has 2 atom stereocenters. The van der Waals surface area contributed by atoms with Crippen LogP contribution in [-0.4, -0.2) is 34.7 Å². The number of amides is 3. The van der Waals surface area contributed by atoms with Gasteiger partial charge in [-0.25, -0.2) is 10.0 Å². The third kappa shape index (κ3) is 12.6. The Labute approximate surface area is 366 Å². The number of unbranched alkanes of at least 4 members (excludes halogenated alkanes) is 15. The monoisotopic (exact) mass is 890 g/mol. The summed E-state index contributed by atoms with van der Waals surface area (Å²) in [6, 6.07) is 10.3. The molecule has 0 saturated carbocycles. The Morgan fingerprint density at radius 3 is 1.84 bits per heavy atom. The zero-order chi connectivity index (χ0) is 41.6. The van der Waals surface area contributed by atoms with Crippen LogP contribution >= 0.6 is 58.0 Å². The minimum atomic E-state index is -1.36. The number of phenolic OH excluding ortho intramolecular Hbond substituents is 1. The van der Waals surface area contributed by atoms with E-state index in [1.807, 2.05) is 0 Å². The highest BCUT2D eigenvalue weighted by Crippen LogP contribution is 2.40. The first kappa shape index (κ1) is 45.7. The maximum atomic E-state index is 13.9. The average Bonchev–Trinajstić information content (AvgIpc) is 3.63. The van der Waals surface area contributed by atoms with Crippen molar-refractivity contribution < 1.29 is 19.5 Å². The number of amidine groups is 1. The number of carbonyl (C=O) groups is 3. The fraction of sp³-hybridized carbons (Fsp3) is 0.488. The van der Waals surface area contributed by atoms with Crippen LogP contribution in [0.2, 0.25) is 25.1 Å². The number of nitrogens with zero attached hydrogens (tertiary/aromatic N) is 5. The number of carbonyl (C=O) groups excluding carboxylic acids is 3. The number of aliphatic imine (C=N–C) groups is 1. The summed E-state index contributed by atoms with van der Waals surface area (Å²) in [6.07, 6.45) is 21.1. The molecule has 3 aromatic rings. The second kappa shape index (κ2) is 22.8. The van der Waals surface area contributed by atoms with E-state index in [0.717, 1.165) is 24.3 Å². The molecule has 3 aromatic carbocycles. The molecular formula is C43H51Cl5N6O4. The molecule has 2 fully saturated rings. The van der Waals surface area contributed by atoms with Crippen molar-refractivity contribution >= 4 is 104 Å². The van der Waals surface area contributed by atoms with Gasteiger partial charge in [0.05, 0.1) is 31.5 Å². The van der Waals surface area contributed by atoms with Gasteiger partial charge in [-0.3, -0.25) is 24.7 Å². The van der Waals surface area contributed by atoms with Gasteiger partial charge in [0, 0.05) is 23.4 Å². The van der Waals surface area contributed by atoms with Gasteiger partial charge in [0.1, 0.15) is 17.1 Å². The minimum absolute atomic E-state index is 0.00904. The molecule has 58 heavy (non-hydrogen) atoms. The van der Waals surface area contributed by atoms with Gasteiger partial charge in [-0.2, -0.15) is 10.2 Å². The lowest BCUT2D eigenvalue weighted by Gasteiger charge is -2.19. The van der Waals surface area contributed by atoms with Crippen molar-refractivity contribution in [1.29, 1.82) is 0 Å². The molecular weight excluding hydrogens is 842 g/mol. The molecule has 0 aliphatic carbocycles. The molecule has 0 radical (unpaired) electrons. The third-order valence-corrected chi connectivity index (χ3v) is 11.8. The van der Waals surface area contributed by atoms with E-state index in [-0.39, 0.29) is 72.0 Å². The van der Waals surface area contributed by atoms with E-state index in [1.165, 1.54) is 131 Å². The van der Waals surface area contributed by atoms with Crippen molar-refractivity contribution in [2.75, 3.05) is 9.91 Å². The topological polar surface area (TPSA) is 127 Å². The molecule has 2 aliphatic heterocycles. The number of hydrogen-bond acceptors (Lipinski definition) is 7. The van der Waals surface area contributed by atoms with Crippen molar-refractivity contribution in [2.24, 2.45) is 21.1 Å². The molecule has 2 aliphatic rings. The van der Waals surface area contributed by atoms with E-state index >= 15 is 0 Å². The Hall–Kier alpha value is -3.41. The van der Waals surface area contributed by atoms with Gasteiger partial charge in [-0.15, -0.1) is 0 Å². The van der Waals surface area contributed by atoms with Crippen LogP contribution in [0, 0.1) is 5.92 Å². The van der Waals surface area contributed by atoms with E-state index in [1.54, 1.807) is 6.07 Å². The fourth-order valence-electron chi connectivity index (χ4n) is 7.26. The molecule has 0 spiro atoms. The summed E-state index contributed by atoms with van der Waals surface area (Å²) in [7, 11) is 0. The van der Waals surface area contributed by atoms with Crippen LogP contribution in [0.15, 0.2) is 63.8 Å². The van der Waals surface area contributed by atoms with Crippen LogP contribution in [-0.2, 0) is 14.4 Å². The van der Waals surface area contributed by atoms with E-state index in [2.05, 4.69) is 27.6 Å². The van der Waals surface area contributed by atoms with E-state index in [0.29, 0.717) is 12.1 Å². The number of hydrogen-bond donors (Lipinski definition) is 2. The molecule has 2 saturated heterocycles. The van der Waals surface area contributed by atoms with Gasteiger partial charge in [0.15, 0.2) is 5.84 Å². The number of anilines is 2. The maximum absolute atomic E-state index is 13.9. The zero-order valence-corrected chi connectivity index (χ0v) is 36.6. The predicted octanol–water partition coefficient (Wildman–Crippen LogP) is 13.9. The number of halogens is 5. The van der Waals surface area contributed by atoms with Gasteiger partial charge in [0.25, 0.3) is 5.91 Å². The molecule has 0 unspecified atom stereocenters. The highest BCUT2D eigenvalue weighted by atomic mass is 35.5. The smallest absolute Gasteiger partial charge is 0.280 e. The first-order chi connectivity index (χ1) is 28.0. The highest BCUT2D eigenvalue weighted by molar-refractivity contribution is 6.43. The Morgan fingerprint density at radius 1 is 0.672 bits per heavy atom. The second-order valence-electron chi connectivity index (χ2n) is 15.0. The summed E-state index contributed by atoms with van der Waals surface area (Å²) in [6.45, 7) is 2.26. The van der Waals surface area contributed by atoms with Crippen LogP contribution in [0.4, 0.5) is 22.7 Å². The SMILES string of the molecule is CCCCCCCCCCCCCCCCCC[C@@H]1CC(=O)N(c2ccc(Cl)c(N=C3NN(c4c(Cl)cc(Cl)cc4Cl)C(=O)[C@@H]3N=Nc3ccc(O)cc3Cl)c2)C1=O. The summed E-state index contributed by atoms with van der Waals surface area (Å²) in [5.41, 5.74) is 3.68. The van der Waals surface area contributed by atoms with Crippen molar-refractivity contribution in [3.63, 3.8) is 0 Å². The first-order valence-corrected chi connectivity index (χ1v) is 22.3. The predicted molar refractivity (Wildman–Crippen MR) is 237 cm³/mol. The van der Waals surface area contributed by atoms with Gasteiger partial charge >= 0.3 is 0 Å². The largest absolute Gasteiger partial charge is 0.508 e. The summed E-state index contributed by atoms with van der Waals surface area (Å²) >= 11 is 31.9. The fourth-order valence-corrected chi connectivity index (χ4v) is 8.62. The third-order valence-electron chi connectivity index (χ3n) is 10.4. The number of azo groups is 1. The summed E-state index contributed by atoms with van der Waals surface area (Å²) in [4.78, 5) is 46.5. The molecule has 10 nitrogen and oxygen atoms in total. The standard InChI is InChI=1S/C43H51Cl5N6O4/c1-2-3-4-5-6-7-8-9-10-11-12-13-14-15-16-17-18-28-23-38(56)53(42(28)57)30-19-21-32(45)37(26-30)49-41-39(51-50-36-22-20-31(55)27-33(36)46)43(58)54(52-41)40-34(47)24-29(44)25-35(40)48/h19-22,24-28,39,55H,2-18,23H2,1H3,(H,49,52)/t28-,39-/m1/s1. The number of benzene rings is 3. The van der Waals surface area contributed by atoms with Gasteiger partial charge in [0.2, 0.25) is 17.9 Å². The lowest BCUT2D eigenvalue weighted by Crippen LogP contribution is -2.36. The number of aromatic hydroxyl groups is 1. The molecule has 5 rings (SSSR count). The van der Waals surface area contributed by atoms with Crippen LogP contribution in [0.3, 0.4) is 0 Å². The highest BCUT2D eigenvalue weighted by Gasteiger charge is 2.42. The van der Waals surface area contributed by atoms with Crippen molar-refractivity contribution in [1.82, 2.24) is 5.43 Å². The Morgan fingerprint density at radius 2 is 1.26 bits per heavy atom. The van der Waals surface area contributed by atoms with Crippen LogP contribution < -0.4 is 15.3 Å². The quantitative estimate of drug-likeness (QED) is 0.0590. The van der Waals surface area contributed by atoms with Gasteiger partial charge in [-0.05, 0) is 48.9 Å².